The smallest absolute Gasteiger partial charge is 0.410 e. The molecule has 2 aliphatic rings. The molecule has 1 aromatic carbocycles. The minimum Gasteiger partial charge on any atom is -0.445 e. The summed E-state index contributed by atoms with van der Waals surface area (Å²) in [5.74, 6) is 0. The highest BCUT2D eigenvalue weighted by molar-refractivity contribution is 5.67. The zero-order chi connectivity index (χ0) is 12.4. The SMILES string of the molecule is O=C(OCc1ccccc1)N1CCC2OC2CC1. The number of carbonyl (C=O) groups is 1. The quantitative estimate of drug-likeness (QED) is 0.752. The molecule has 1 amide bonds. The van der Waals surface area contributed by atoms with Crippen molar-refractivity contribution in [1.29, 1.82) is 0 Å². The van der Waals surface area contributed by atoms with Crippen LogP contribution in [-0.2, 0) is 16.1 Å². The molecule has 2 aliphatic heterocycles. The fourth-order valence-electron chi connectivity index (χ4n) is 2.36. The lowest BCUT2D eigenvalue weighted by molar-refractivity contribution is 0.0936. The van der Waals surface area contributed by atoms with Crippen LogP contribution in [0.4, 0.5) is 4.79 Å². The largest absolute Gasteiger partial charge is 0.445 e. The van der Waals surface area contributed by atoms with Crippen molar-refractivity contribution in [3.63, 3.8) is 0 Å². The number of amides is 1. The number of epoxide rings is 1. The lowest BCUT2D eigenvalue weighted by Gasteiger charge is -2.20. The van der Waals surface area contributed by atoms with Gasteiger partial charge in [0.05, 0.1) is 12.2 Å². The van der Waals surface area contributed by atoms with Gasteiger partial charge in [-0.3, -0.25) is 0 Å². The van der Waals surface area contributed by atoms with Crippen LogP contribution in [0.3, 0.4) is 0 Å². The lowest BCUT2D eigenvalue weighted by atomic mass is 10.2. The number of carbonyl (C=O) groups excluding carboxylic acids is 1. The fraction of sp³-hybridized carbons (Fsp3) is 0.500. The van der Waals surface area contributed by atoms with Crippen LogP contribution in [-0.4, -0.2) is 36.3 Å². The third kappa shape index (κ3) is 2.64. The Morgan fingerprint density at radius 3 is 2.56 bits per heavy atom. The molecular weight excluding hydrogens is 230 g/mol. The van der Waals surface area contributed by atoms with E-state index in [1.165, 1.54) is 0 Å². The third-order valence-electron chi connectivity index (χ3n) is 3.52. The Labute approximate surface area is 106 Å². The van der Waals surface area contributed by atoms with Gasteiger partial charge in [-0.05, 0) is 18.4 Å². The highest BCUT2D eigenvalue weighted by Crippen LogP contribution is 2.31. The highest BCUT2D eigenvalue weighted by Gasteiger charge is 2.41. The molecule has 4 heteroatoms. The molecule has 4 nitrogen and oxygen atoms in total. The second-order valence-corrected chi connectivity index (χ2v) is 4.82. The van der Waals surface area contributed by atoms with Gasteiger partial charge in [-0.25, -0.2) is 4.79 Å². The van der Waals surface area contributed by atoms with E-state index in [0.717, 1.165) is 31.5 Å². The molecule has 2 heterocycles. The van der Waals surface area contributed by atoms with Gasteiger partial charge in [0.1, 0.15) is 6.61 Å². The second-order valence-electron chi connectivity index (χ2n) is 4.82. The second kappa shape index (κ2) is 4.98. The molecule has 0 bridgehead atoms. The third-order valence-corrected chi connectivity index (χ3v) is 3.52. The van der Waals surface area contributed by atoms with E-state index in [1.807, 2.05) is 30.3 Å². The molecule has 3 rings (SSSR count). The number of hydrogen-bond donors (Lipinski definition) is 0. The van der Waals surface area contributed by atoms with Crippen LogP contribution >= 0.6 is 0 Å². The van der Waals surface area contributed by atoms with Crippen LogP contribution in [0.2, 0.25) is 0 Å². The standard InChI is InChI=1S/C14H17NO3/c16-14(17-10-11-4-2-1-3-5-11)15-8-6-12-13(18-12)7-9-15/h1-5,12-13H,6-10H2. The number of hydrogen-bond acceptors (Lipinski definition) is 3. The normalized spacial score (nSPS) is 26.1. The minimum absolute atomic E-state index is 0.208. The van der Waals surface area contributed by atoms with E-state index in [1.54, 1.807) is 4.90 Å². The molecule has 0 spiro atoms. The highest BCUT2D eigenvalue weighted by atomic mass is 16.6. The Morgan fingerprint density at radius 2 is 1.89 bits per heavy atom. The zero-order valence-corrected chi connectivity index (χ0v) is 10.2. The van der Waals surface area contributed by atoms with Crippen LogP contribution in [0.5, 0.6) is 0 Å². The summed E-state index contributed by atoms with van der Waals surface area (Å²) in [6.07, 6.45) is 2.44. The Kier molecular flexibility index (Phi) is 3.19. The van der Waals surface area contributed by atoms with Crippen LogP contribution in [0.25, 0.3) is 0 Å². The van der Waals surface area contributed by atoms with Crippen molar-refractivity contribution < 1.29 is 14.3 Å². The lowest BCUT2D eigenvalue weighted by Crippen LogP contribution is -2.33. The first-order valence-corrected chi connectivity index (χ1v) is 6.44. The first kappa shape index (κ1) is 11.5. The van der Waals surface area contributed by atoms with E-state index in [9.17, 15) is 4.79 Å². The first-order valence-electron chi connectivity index (χ1n) is 6.44. The summed E-state index contributed by atoms with van der Waals surface area (Å²) in [4.78, 5) is 13.7. The molecule has 2 fully saturated rings. The van der Waals surface area contributed by atoms with Gasteiger partial charge in [0, 0.05) is 13.1 Å². The van der Waals surface area contributed by atoms with Crippen molar-refractivity contribution in [1.82, 2.24) is 4.90 Å². The van der Waals surface area contributed by atoms with Crippen LogP contribution in [0, 0.1) is 0 Å². The van der Waals surface area contributed by atoms with Crippen molar-refractivity contribution in [2.75, 3.05) is 13.1 Å². The van der Waals surface area contributed by atoms with Crippen molar-refractivity contribution in [3.05, 3.63) is 35.9 Å². The van der Waals surface area contributed by atoms with Gasteiger partial charge < -0.3 is 14.4 Å². The average molecular weight is 247 g/mol. The predicted molar refractivity (Wildman–Crippen MR) is 66.1 cm³/mol. The molecule has 0 N–H and O–H groups in total. The Hall–Kier alpha value is -1.55. The summed E-state index contributed by atoms with van der Waals surface area (Å²) in [6, 6.07) is 9.75. The number of fused-ring (bicyclic) bond motifs is 1. The molecular formula is C14H17NO3. The summed E-state index contributed by atoms with van der Waals surface area (Å²) in [5.41, 5.74) is 1.02. The van der Waals surface area contributed by atoms with Gasteiger partial charge in [0.2, 0.25) is 0 Å². The van der Waals surface area contributed by atoms with Crippen molar-refractivity contribution in [3.8, 4) is 0 Å². The van der Waals surface area contributed by atoms with Gasteiger partial charge in [-0.15, -0.1) is 0 Å². The monoisotopic (exact) mass is 247 g/mol. The number of nitrogens with zero attached hydrogens (tertiary/aromatic N) is 1. The number of rotatable bonds is 2. The zero-order valence-electron chi connectivity index (χ0n) is 10.2. The molecule has 2 unspecified atom stereocenters. The molecule has 1 aromatic rings. The molecule has 0 saturated carbocycles. The maximum Gasteiger partial charge on any atom is 0.410 e. The van der Waals surface area contributed by atoms with Crippen molar-refractivity contribution in [2.24, 2.45) is 0 Å². The predicted octanol–water partition coefficient (Wildman–Crippen LogP) is 2.19. The number of ether oxygens (including phenoxy) is 2. The number of benzene rings is 1. The average Bonchev–Trinajstić information content (AvgIpc) is 3.16. The summed E-state index contributed by atoms with van der Waals surface area (Å²) in [5, 5.41) is 0. The Balaban J connectivity index is 1.49. The summed E-state index contributed by atoms with van der Waals surface area (Å²) in [7, 11) is 0. The Bertz CT molecular complexity index is 408. The molecule has 0 radical (unpaired) electrons. The van der Waals surface area contributed by atoms with E-state index in [2.05, 4.69) is 0 Å². The van der Waals surface area contributed by atoms with E-state index in [0.29, 0.717) is 18.8 Å². The van der Waals surface area contributed by atoms with E-state index < -0.39 is 0 Å². The first-order chi connectivity index (χ1) is 8.83. The summed E-state index contributed by atoms with van der Waals surface area (Å²) >= 11 is 0. The molecule has 18 heavy (non-hydrogen) atoms. The Morgan fingerprint density at radius 1 is 1.22 bits per heavy atom. The number of likely N-dealkylation sites (tertiary alicyclic amines) is 1. The molecule has 0 aromatic heterocycles. The van der Waals surface area contributed by atoms with E-state index in [-0.39, 0.29) is 6.09 Å². The minimum atomic E-state index is -0.208. The van der Waals surface area contributed by atoms with Crippen LogP contribution < -0.4 is 0 Å². The van der Waals surface area contributed by atoms with E-state index >= 15 is 0 Å². The van der Waals surface area contributed by atoms with E-state index in [4.69, 9.17) is 9.47 Å². The van der Waals surface area contributed by atoms with Crippen molar-refractivity contribution in [2.45, 2.75) is 31.7 Å². The maximum atomic E-state index is 11.9. The summed E-state index contributed by atoms with van der Waals surface area (Å²) in [6.45, 7) is 1.84. The molecule has 0 aliphatic carbocycles. The maximum absolute atomic E-state index is 11.9. The fourth-order valence-corrected chi connectivity index (χ4v) is 2.36. The van der Waals surface area contributed by atoms with Crippen LogP contribution in [0.15, 0.2) is 30.3 Å². The van der Waals surface area contributed by atoms with Crippen LogP contribution in [0.1, 0.15) is 18.4 Å². The summed E-state index contributed by atoms with van der Waals surface area (Å²) < 4.78 is 10.8. The molecule has 2 atom stereocenters. The molecule has 2 saturated heterocycles. The van der Waals surface area contributed by atoms with Gasteiger partial charge in [-0.2, -0.15) is 0 Å². The topological polar surface area (TPSA) is 42.1 Å². The van der Waals surface area contributed by atoms with Crippen molar-refractivity contribution >= 4 is 6.09 Å². The molecule has 96 valence electrons. The van der Waals surface area contributed by atoms with Gasteiger partial charge in [-0.1, -0.05) is 30.3 Å². The van der Waals surface area contributed by atoms with Gasteiger partial charge in [0.15, 0.2) is 0 Å². The van der Waals surface area contributed by atoms with Gasteiger partial charge >= 0.3 is 6.09 Å². The van der Waals surface area contributed by atoms with Gasteiger partial charge in [0.25, 0.3) is 0 Å².